The number of likely N-dealkylation sites (tertiary alicyclic amines) is 1. The minimum absolute atomic E-state index is 0.0726. The molecule has 7 rings (SSSR count). The van der Waals surface area contributed by atoms with E-state index in [1.165, 1.54) is 7.11 Å². The Morgan fingerprint density at radius 1 is 1.00 bits per heavy atom. The molecular formula is C39H40Cl2F2N8O4. The van der Waals surface area contributed by atoms with Gasteiger partial charge in [-0.3, -0.25) is 24.6 Å². The van der Waals surface area contributed by atoms with Crippen LogP contribution in [0.2, 0.25) is 10.0 Å². The van der Waals surface area contributed by atoms with E-state index in [1.54, 1.807) is 36.7 Å². The van der Waals surface area contributed by atoms with E-state index in [4.69, 9.17) is 37.9 Å². The number of nitrogens with zero attached hydrogens (tertiary/aromatic N) is 7. The fraction of sp³-hybridized carbons (Fsp3) is 0.385. The number of hydrogen-bond acceptors (Lipinski definition) is 11. The highest BCUT2D eigenvalue weighted by Crippen LogP contribution is 2.42. The lowest BCUT2D eigenvalue weighted by Crippen LogP contribution is -2.36. The van der Waals surface area contributed by atoms with Crippen molar-refractivity contribution in [3.05, 3.63) is 82.0 Å². The summed E-state index contributed by atoms with van der Waals surface area (Å²) in [5, 5.41) is 23.0. The van der Waals surface area contributed by atoms with Crippen LogP contribution in [0.3, 0.4) is 0 Å². The number of anilines is 2. The number of benzene rings is 2. The molecule has 5 aromatic rings. The number of pyridine rings is 1. The molecule has 1 aliphatic heterocycles. The van der Waals surface area contributed by atoms with Crippen molar-refractivity contribution in [2.75, 3.05) is 32.6 Å². The topological polar surface area (TPSA) is 150 Å². The Morgan fingerprint density at radius 3 is 2.42 bits per heavy atom. The van der Waals surface area contributed by atoms with Gasteiger partial charge < -0.3 is 20.3 Å². The Kier molecular flexibility index (Phi) is 11.7. The van der Waals surface area contributed by atoms with Gasteiger partial charge in [-0.2, -0.15) is 0 Å². The second-order valence-corrected chi connectivity index (χ2v) is 14.8. The predicted molar refractivity (Wildman–Crippen MR) is 206 cm³/mol. The third-order valence-electron chi connectivity index (χ3n) is 10.3. The summed E-state index contributed by atoms with van der Waals surface area (Å²) in [4.78, 5) is 37.9. The molecule has 3 aromatic heterocycles. The molecule has 2 aliphatic rings. The molecule has 3 N–H and O–H groups in total. The molecule has 1 atom stereocenters. The number of carboxylic acid groups (broad SMARTS) is 1. The van der Waals surface area contributed by atoms with E-state index in [1.807, 2.05) is 25.2 Å². The maximum atomic E-state index is 14.0. The number of halogens is 4. The first kappa shape index (κ1) is 38.7. The van der Waals surface area contributed by atoms with E-state index in [0.29, 0.717) is 89.1 Å². The first-order valence-corrected chi connectivity index (χ1v) is 18.8. The fourth-order valence-electron chi connectivity index (χ4n) is 7.39. The van der Waals surface area contributed by atoms with Gasteiger partial charge in [0.1, 0.15) is 11.2 Å². The second-order valence-electron chi connectivity index (χ2n) is 14.0. The highest BCUT2D eigenvalue weighted by molar-refractivity contribution is 6.39. The van der Waals surface area contributed by atoms with Crippen LogP contribution >= 0.6 is 23.2 Å². The minimum atomic E-state index is -2.92. The molecular weight excluding hydrogens is 753 g/mol. The molecule has 288 valence electrons. The Balaban J connectivity index is 1.14. The van der Waals surface area contributed by atoms with E-state index >= 15 is 0 Å². The first-order chi connectivity index (χ1) is 26.5. The molecule has 0 spiro atoms. The lowest BCUT2D eigenvalue weighted by molar-refractivity contribution is -0.143. The molecule has 0 radical (unpaired) electrons. The molecule has 12 nitrogen and oxygen atoms in total. The Labute approximate surface area is 326 Å². The predicted octanol–water partition coefficient (Wildman–Crippen LogP) is 7.79. The average molecular weight is 794 g/mol. The van der Waals surface area contributed by atoms with Crippen molar-refractivity contribution in [2.24, 2.45) is 5.92 Å². The van der Waals surface area contributed by atoms with Gasteiger partial charge in [0.15, 0.2) is 11.6 Å². The van der Waals surface area contributed by atoms with Crippen LogP contribution in [0.25, 0.3) is 33.4 Å². The van der Waals surface area contributed by atoms with Crippen LogP contribution in [0.1, 0.15) is 55.6 Å². The number of rotatable bonds is 12. The van der Waals surface area contributed by atoms with Crippen LogP contribution in [-0.4, -0.2) is 90.3 Å². The molecule has 55 heavy (non-hydrogen) atoms. The van der Waals surface area contributed by atoms with Crippen molar-refractivity contribution < 1.29 is 28.5 Å². The Morgan fingerprint density at radius 2 is 1.73 bits per heavy atom. The maximum Gasteiger partial charge on any atom is 0.306 e. The minimum Gasteiger partial charge on any atom is -0.481 e. The van der Waals surface area contributed by atoms with Crippen LogP contribution in [0.5, 0.6) is 5.88 Å². The molecule has 2 fully saturated rings. The number of alkyl halides is 2. The number of aliphatic hydroxyl groups excluding tert-OH is 1. The molecule has 0 bridgehead atoms. The lowest BCUT2D eigenvalue weighted by Gasteiger charge is -2.33. The van der Waals surface area contributed by atoms with E-state index in [-0.39, 0.29) is 34.4 Å². The third-order valence-corrected chi connectivity index (χ3v) is 11.2. The van der Waals surface area contributed by atoms with Crippen molar-refractivity contribution in [1.82, 2.24) is 34.7 Å². The third kappa shape index (κ3) is 8.48. The largest absolute Gasteiger partial charge is 0.481 e. The van der Waals surface area contributed by atoms with E-state index in [9.17, 15) is 23.8 Å². The number of aliphatic carboxylic acids is 1. The number of fused-ring (bicyclic) bond motifs is 1. The molecule has 0 amide bonds. The number of methoxy groups -OCH3 is 1. The molecule has 1 aliphatic carbocycles. The number of ether oxygens (including phenoxy) is 1. The number of carboxylic acids is 1. The van der Waals surface area contributed by atoms with Gasteiger partial charge in [0.25, 0.3) is 6.43 Å². The van der Waals surface area contributed by atoms with Crippen LogP contribution in [0.4, 0.5) is 20.3 Å². The quantitative estimate of drug-likeness (QED) is 0.113. The van der Waals surface area contributed by atoms with Crippen LogP contribution < -0.4 is 10.1 Å². The van der Waals surface area contributed by atoms with Crippen LogP contribution in [-0.2, 0) is 17.9 Å². The molecule has 2 aromatic carbocycles. The van der Waals surface area contributed by atoms with Crippen molar-refractivity contribution in [3.8, 4) is 28.3 Å². The maximum absolute atomic E-state index is 14.0. The molecule has 1 saturated heterocycles. The highest BCUT2D eigenvalue weighted by atomic mass is 35.5. The van der Waals surface area contributed by atoms with Crippen molar-refractivity contribution in [3.63, 3.8) is 0 Å². The molecule has 1 saturated carbocycles. The summed E-state index contributed by atoms with van der Waals surface area (Å²) in [6, 6.07) is 12.7. The monoisotopic (exact) mass is 792 g/mol. The number of aliphatic hydroxyl groups is 1. The van der Waals surface area contributed by atoms with Gasteiger partial charge in [0.05, 0.1) is 52.3 Å². The number of hydrogen-bond donors (Lipinski definition) is 3. The SMILES string of the molecule is COc1nc(-c2cccc(-c3cccc(Nc4nc(C(F)F)nc5cc(CN6CC[C@@H](O)C6)cnc45)c3Cl)c2Cl)cnc1CN(C)C1CCC(C(=O)O)CC1. The van der Waals surface area contributed by atoms with Gasteiger partial charge in [-0.15, -0.1) is 0 Å². The second kappa shape index (κ2) is 16.6. The van der Waals surface area contributed by atoms with E-state index in [0.717, 1.165) is 24.9 Å². The van der Waals surface area contributed by atoms with Gasteiger partial charge in [0, 0.05) is 55.1 Å². The zero-order valence-electron chi connectivity index (χ0n) is 30.2. The summed E-state index contributed by atoms with van der Waals surface area (Å²) in [6.07, 6.45) is 3.54. The summed E-state index contributed by atoms with van der Waals surface area (Å²) in [5.41, 5.74) is 4.63. The van der Waals surface area contributed by atoms with Crippen molar-refractivity contribution >= 4 is 51.7 Å². The molecule has 0 unspecified atom stereocenters. The summed E-state index contributed by atoms with van der Waals surface area (Å²) >= 11 is 14.1. The van der Waals surface area contributed by atoms with Gasteiger partial charge >= 0.3 is 5.97 Å². The highest BCUT2D eigenvalue weighted by Gasteiger charge is 2.29. The molecule has 16 heteroatoms. The standard InChI is InChI=1S/C39H40Cl2F2N8O4/c1-50(23-11-9-22(10-12-23)39(53)54)20-31-38(55-2)48-30(17-44-31)27-7-3-5-25(32(27)40)26-6-4-8-28(33(26)41)46-36-34-29(47-37(49-36)35(42)43)15-21(16-45-34)18-51-14-13-24(52)19-51/h3-8,15-17,22-24,35,52H,9-14,18-20H2,1-2H3,(H,53,54)(H,46,47,49)/t22?,23?,24-/m1/s1. The Bertz CT molecular complexity index is 2210. The van der Waals surface area contributed by atoms with Crippen molar-refractivity contribution in [2.45, 2.75) is 63.8 Å². The summed E-state index contributed by atoms with van der Waals surface area (Å²) < 4.78 is 33.7. The molecule has 4 heterocycles. The average Bonchev–Trinajstić information content (AvgIpc) is 3.59. The van der Waals surface area contributed by atoms with Gasteiger partial charge in [-0.1, -0.05) is 53.5 Å². The van der Waals surface area contributed by atoms with Gasteiger partial charge in [-0.05, 0) is 56.8 Å². The summed E-state index contributed by atoms with van der Waals surface area (Å²) in [7, 11) is 3.53. The van der Waals surface area contributed by atoms with Gasteiger partial charge in [-0.25, -0.2) is 23.7 Å². The Hall–Kier alpha value is -4.60. The summed E-state index contributed by atoms with van der Waals surface area (Å²) in [5.74, 6) is -1.25. The number of nitrogens with one attached hydrogen (secondary N) is 1. The normalized spacial score (nSPS) is 19.0. The zero-order valence-corrected chi connectivity index (χ0v) is 31.7. The number of carbonyl (C=O) groups is 1. The number of aromatic nitrogens is 5. The zero-order chi connectivity index (χ0) is 38.8. The van der Waals surface area contributed by atoms with Gasteiger partial charge in [0.2, 0.25) is 5.88 Å². The fourth-order valence-corrected chi connectivity index (χ4v) is 7.99. The van der Waals surface area contributed by atoms with Crippen molar-refractivity contribution in [1.29, 1.82) is 0 Å². The van der Waals surface area contributed by atoms with Crippen LogP contribution in [0.15, 0.2) is 54.9 Å². The lowest BCUT2D eigenvalue weighted by atomic mass is 9.85. The van der Waals surface area contributed by atoms with Crippen LogP contribution in [0, 0.1) is 5.92 Å². The smallest absolute Gasteiger partial charge is 0.306 e. The van der Waals surface area contributed by atoms with E-state index in [2.05, 4.69) is 30.1 Å². The number of β-amino-alcohol motifs (C(OH)–C–C–N with tert-alkyl or cyclic N) is 1. The van der Waals surface area contributed by atoms with E-state index < -0.39 is 18.2 Å². The summed E-state index contributed by atoms with van der Waals surface area (Å²) in [6.45, 7) is 2.24. The first-order valence-electron chi connectivity index (χ1n) is 18.0.